The average molecular weight is 277 g/mol. The third-order valence-corrected chi connectivity index (χ3v) is 4.27. The van der Waals surface area contributed by atoms with E-state index in [2.05, 4.69) is 31.1 Å². The van der Waals surface area contributed by atoms with Crippen LogP contribution in [0.1, 0.15) is 41.0 Å². The second kappa shape index (κ2) is 5.17. The summed E-state index contributed by atoms with van der Waals surface area (Å²) in [5.41, 5.74) is 0.952. The van der Waals surface area contributed by atoms with Crippen LogP contribution in [-0.2, 0) is 19.0 Å². The lowest BCUT2D eigenvalue weighted by atomic mass is 9.95. The number of rotatable bonds is 3. The first-order chi connectivity index (χ1) is 8.86. The van der Waals surface area contributed by atoms with E-state index in [0.717, 1.165) is 10.6 Å². The molecule has 0 radical (unpaired) electrons. The molecule has 0 aliphatic heterocycles. The maximum absolute atomic E-state index is 12.0. The smallest absolute Gasteiger partial charge is 0.261 e. The number of aromatic nitrogens is 2. The molecule has 4 nitrogen and oxygen atoms in total. The minimum atomic E-state index is -0.0360. The Labute approximate surface area is 117 Å². The van der Waals surface area contributed by atoms with E-state index in [1.807, 2.05) is 29.9 Å². The zero-order valence-corrected chi connectivity index (χ0v) is 12.5. The molecule has 0 saturated heterocycles. The van der Waals surface area contributed by atoms with Crippen LogP contribution in [0, 0.1) is 0 Å². The molecule has 2 heterocycles. The summed E-state index contributed by atoms with van der Waals surface area (Å²) in [6.07, 6.45) is 3.62. The topological polar surface area (TPSA) is 46.9 Å². The molecule has 0 saturated carbocycles. The molecule has 5 heteroatoms. The summed E-state index contributed by atoms with van der Waals surface area (Å²) in [6.45, 7) is 6.90. The van der Waals surface area contributed by atoms with Gasteiger partial charge in [-0.1, -0.05) is 20.8 Å². The van der Waals surface area contributed by atoms with Crippen LogP contribution in [0.5, 0.6) is 0 Å². The van der Waals surface area contributed by atoms with Gasteiger partial charge in [0.1, 0.15) is 0 Å². The Kier molecular flexibility index (Phi) is 3.75. The fourth-order valence-electron chi connectivity index (χ4n) is 1.68. The number of carbonyl (C=O) groups is 1. The van der Waals surface area contributed by atoms with Gasteiger partial charge in [0.05, 0.1) is 23.4 Å². The average Bonchev–Trinajstić information content (AvgIpc) is 2.93. The lowest BCUT2D eigenvalue weighted by Crippen LogP contribution is -2.22. The van der Waals surface area contributed by atoms with E-state index in [1.54, 1.807) is 17.7 Å². The number of nitrogens with one attached hydrogen (secondary N) is 1. The maximum atomic E-state index is 12.0. The van der Waals surface area contributed by atoms with E-state index >= 15 is 0 Å². The predicted octanol–water partition coefficient (Wildman–Crippen LogP) is 2.71. The molecule has 0 atom stereocenters. The Hall–Kier alpha value is -1.62. The molecule has 1 amide bonds. The largest absolute Gasteiger partial charge is 0.346 e. The number of imidazole rings is 1. The minimum Gasteiger partial charge on any atom is -0.346 e. The fourth-order valence-corrected chi connectivity index (χ4v) is 2.66. The number of carbonyl (C=O) groups excluding carboxylic acids is 1. The monoisotopic (exact) mass is 277 g/mol. The highest BCUT2D eigenvalue weighted by molar-refractivity contribution is 7.14. The molecule has 0 spiro atoms. The maximum Gasteiger partial charge on any atom is 0.261 e. The quantitative estimate of drug-likeness (QED) is 0.937. The SMILES string of the molecule is Cn1cnc(CNC(=O)c2ccc(C(C)(C)C)s2)c1. The van der Waals surface area contributed by atoms with Gasteiger partial charge in [0.2, 0.25) is 0 Å². The van der Waals surface area contributed by atoms with Gasteiger partial charge in [0.25, 0.3) is 5.91 Å². The van der Waals surface area contributed by atoms with Crippen molar-refractivity contribution in [2.45, 2.75) is 32.7 Å². The van der Waals surface area contributed by atoms with Gasteiger partial charge in [-0.15, -0.1) is 11.3 Å². The van der Waals surface area contributed by atoms with E-state index < -0.39 is 0 Å². The normalized spacial score (nSPS) is 11.6. The lowest BCUT2D eigenvalue weighted by molar-refractivity contribution is 0.0954. The summed E-state index contributed by atoms with van der Waals surface area (Å²) in [5.74, 6) is -0.0360. The first-order valence-corrected chi connectivity index (χ1v) is 7.03. The lowest BCUT2D eigenvalue weighted by Gasteiger charge is -2.15. The first-order valence-electron chi connectivity index (χ1n) is 6.21. The third-order valence-electron chi connectivity index (χ3n) is 2.76. The van der Waals surface area contributed by atoms with E-state index in [4.69, 9.17) is 0 Å². The van der Waals surface area contributed by atoms with Gasteiger partial charge in [-0.05, 0) is 17.5 Å². The van der Waals surface area contributed by atoms with Gasteiger partial charge in [-0.2, -0.15) is 0 Å². The van der Waals surface area contributed by atoms with Gasteiger partial charge in [-0.3, -0.25) is 4.79 Å². The molecule has 0 aliphatic rings. The Morgan fingerprint density at radius 3 is 2.68 bits per heavy atom. The van der Waals surface area contributed by atoms with Gasteiger partial charge >= 0.3 is 0 Å². The Bertz CT molecular complexity index is 578. The molecule has 2 rings (SSSR count). The molecule has 0 unspecified atom stereocenters. The van der Waals surface area contributed by atoms with Crippen molar-refractivity contribution in [1.29, 1.82) is 0 Å². The van der Waals surface area contributed by atoms with E-state index in [0.29, 0.717) is 6.54 Å². The molecule has 2 aromatic heterocycles. The molecular formula is C14H19N3OS. The van der Waals surface area contributed by atoms with E-state index in [1.165, 1.54) is 4.88 Å². The number of amides is 1. The number of hydrogen-bond acceptors (Lipinski definition) is 3. The summed E-state index contributed by atoms with van der Waals surface area (Å²) in [6, 6.07) is 3.92. The number of hydrogen-bond donors (Lipinski definition) is 1. The molecule has 0 aliphatic carbocycles. The van der Waals surface area contributed by atoms with Crippen LogP contribution >= 0.6 is 11.3 Å². The minimum absolute atomic E-state index is 0.0360. The van der Waals surface area contributed by atoms with Crippen LogP contribution in [0.2, 0.25) is 0 Å². The predicted molar refractivity (Wildman–Crippen MR) is 77.4 cm³/mol. The summed E-state index contributed by atoms with van der Waals surface area (Å²) in [7, 11) is 1.91. The van der Waals surface area contributed by atoms with Crippen molar-refractivity contribution in [3.63, 3.8) is 0 Å². The highest BCUT2D eigenvalue weighted by Crippen LogP contribution is 2.29. The standard InChI is InChI=1S/C14H19N3OS/c1-14(2,3)12-6-5-11(19-12)13(18)15-7-10-8-17(4)9-16-10/h5-6,8-9H,7H2,1-4H3,(H,15,18). The second-order valence-corrected chi connectivity index (χ2v) is 6.71. The van der Waals surface area contributed by atoms with Crippen molar-refractivity contribution in [2.75, 3.05) is 0 Å². The van der Waals surface area contributed by atoms with E-state index in [9.17, 15) is 4.79 Å². The third kappa shape index (κ3) is 3.44. The van der Waals surface area contributed by atoms with Gasteiger partial charge in [-0.25, -0.2) is 4.98 Å². The second-order valence-electron chi connectivity index (χ2n) is 5.63. The van der Waals surface area contributed by atoms with Crippen molar-refractivity contribution in [3.8, 4) is 0 Å². The summed E-state index contributed by atoms with van der Waals surface area (Å²) < 4.78 is 1.87. The molecule has 102 valence electrons. The van der Waals surface area contributed by atoms with Crippen LogP contribution in [0.15, 0.2) is 24.7 Å². The van der Waals surface area contributed by atoms with Gasteiger partial charge in [0, 0.05) is 18.1 Å². The zero-order chi connectivity index (χ0) is 14.0. The van der Waals surface area contributed by atoms with Crippen molar-refractivity contribution < 1.29 is 4.79 Å². The van der Waals surface area contributed by atoms with E-state index in [-0.39, 0.29) is 11.3 Å². The highest BCUT2D eigenvalue weighted by Gasteiger charge is 2.18. The number of nitrogens with zero attached hydrogens (tertiary/aromatic N) is 2. The first kappa shape index (κ1) is 13.8. The number of aryl methyl sites for hydroxylation is 1. The van der Waals surface area contributed by atoms with Crippen LogP contribution in [0.4, 0.5) is 0 Å². The Morgan fingerprint density at radius 2 is 2.16 bits per heavy atom. The van der Waals surface area contributed by atoms with Crippen molar-refractivity contribution in [1.82, 2.24) is 14.9 Å². The van der Waals surface area contributed by atoms with Crippen molar-refractivity contribution >= 4 is 17.2 Å². The molecule has 0 bridgehead atoms. The summed E-state index contributed by atoms with van der Waals surface area (Å²) in [5, 5.41) is 2.89. The zero-order valence-electron chi connectivity index (χ0n) is 11.7. The van der Waals surface area contributed by atoms with Crippen LogP contribution in [-0.4, -0.2) is 15.5 Å². The highest BCUT2D eigenvalue weighted by atomic mass is 32.1. The Morgan fingerprint density at radius 1 is 1.42 bits per heavy atom. The van der Waals surface area contributed by atoms with Gasteiger partial charge < -0.3 is 9.88 Å². The summed E-state index contributed by atoms with van der Waals surface area (Å²) >= 11 is 1.55. The number of thiophene rings is 1. The van der Waals surface area contributed by atoms with Crippen LogP contribution in [0.3, 0.4) is 0 Å². The Balaban J connectivity index is 1.98. The van der Waals surface area contributed by atoms with Crippen molar-refractivity contribution in [2.24, 2.45) is 7.05 Å². The molecule has 0 fully saturated rings. The molecule has 19 heavy (non-hydrogen) atoms. The molecule has 2 aromatic rings. The molecule has 0 aromatic carbocycles. The summed E-state index contributed by atoms with van der Waals surface area (Å²) in [4.78, 5) is 18.2. The molecule has 1 N–H and O–H groups in total. The van der Waals surface area contributed by atoms with Crippen LogP contribution in [0.25, 0.3) is 0 Å². The molecular weight excluding hydrogens is 258 g/mol. The van der Waals surface area contributed by atoms with Crippen molar-refractivity contribution in [3.05, 3.63) is 40.1 Å². The van der Waals surface area contributed by atoms with Crippen LogP contribution < -0.4 is 5.32 Å². The fraction of sp³-hybridized carbons (Fsp3) is 0.429. The van der Waals surface area contributed by atoms with Gasteiger partial charge in [0.15, 0.2) is 0 Å².